The number of methoxy groups -OCH3 is 1. The lowest BCUT2D eigenvalue weighted by Crippen LogP contribution is -2.15. The van der Waals surface area contributed by atoms with E-state index in [1.807, 2.05) is 54.6 Å². The summed E-state index contributed by atoms with van der Waals surface area (Å²) in [7, 11) is 1.62. The minimum absolute atomic E-state index is 0.146. The minimum Gasteiger partial charge on any atom is -0.497 e. The molecule has 1 N–H and O–H groups in total. The molecule has 0 atom stereocenters. The number of carbonyl (C=O) groups is 1. The molecule has 1 aliphatic rings. The zero-order valence-electron chi connectivity index (χ0n) is 12.2. The number of benzene rings is 2. The Bertz CT molecular complexity index is 785. The third kappa shape index (κ3) is 3.91. The van der Waals surface area contributed by atoms with Gasteiger partial charge in [-0.1, -0.05) is 24.4 Å². The summed E-state index contributed by atoms with van der Waals surface area (Å²) in [5.41, 5.74) is 0.914. The van der Waals surface area contributed by atoms with Crippen molar-refractivity contribution < 1.29 is 14.3 Å². The summed E-state index contributed by atoms with van der Waals surface area (Å²) in [6.07, 6.45) is 1.87. The van der Waals surface area contributed by atoms with Crippen LogP contribution >= 0.6 is 24.0 Å². The van der Waals surface area contributed by atoms with E-state index in [0.717, 1.165) is 33.7 Å². The predicted molar refractivity (Wildman–Crippen MR) is 96.2 cm³/mol. The largest absolute Gasteiger partial charge is 0.497 e. The molecule has 0 spiro atoms. The molecule has 2 aromatic carbocycles. The van der Waals surface area contributed by atoms with Crippen molar-refractivity contribution in [3.63, 3.8) is 0 Å². The molecule has 0 bridgehead atoms. The average molecular weight is 343 g/mol. The second-order valence-corrected chi connectivity index (χ2v) is 6.13. The molecule has 3 rings (SSSR count). The van der Waals surface area contributed by atoms with Crippen molar-refractivity contribution >= 4 is 40.3 Å². The number of hydrogen-bond acceptors (Lipinski definition) is 5. The van der Waals surface area contributed by atoms with Gasteiger partial charge >= 0.3 is 0 Å². The molecule has 0 saturated carbocycles. The van der Waals surface area contributed by atoms with Crippen LogP contribution in [0.5, 0.6) is 17.2 Å². The van der Waals surface area contributed by atoms with Crippen LogP contribution in [0.1, 0.15) is 5.56 Å². The molecule has 0 aromatic heterocycles. The maximum atomic E-state index is 11.3. The molecule has 1 aliphatic heterocycles. The Kier molecular flexibility index (Phi) is 4.64. The zero-order valence-corrected chi connectivity index (χ0v) is 13.9. The number of thiocarbonyl (C=S) groups is 1. The van der Waals surface area contributed by atoms with Crippen LogP contribution < -0.4 is 14.8 Å². The van der Waals surface area contributed by atoms with E-state index in [2.05, 4.69) is 5.32 Å². The highest BCUT2D eigenvalue weighted by molar-refractivity contribution is 8.19. The number of amides is 1. The summed E-state index contributed by atoms with van der Waals surface area (Å²) >= 11 is 6.21. The van der Waals surface area contributed by atoms with Crippen LogP contribution in [-0.2, 0) is 0 Å². The van der Waals surface area contributed by atoms with Crippen molar-refractivity contribution in [1.29, 1.82) is 0 Å². The van der Waals surface area contributed by atoms with E-state index in [0.29, 0.717) is 10.7 Å². The molecule has 6 heteroatoms. The van der Waals surface area contributed by atoms with E-state index in [-0.39, 0.29) is 5.24 Å². The number of rotatable bonds is 4. The van der Waals surface area contributed by atoms with Crippen molar-refractivity contribution in [2.75, 3.05) is 7.11 Å². The van der Waals surface area contributed by atoms with Gasteiger partial charge in [0.15, 0.2) is 0 Å². The second-order valence-electron chi connectivity index (χ2n) is 4.70. The Morgan fingerprint density at radius 3 is 2.48 bits per heavy atom. The summed E-state index contributed by atoms with van der Waals surface area (Å²) in [6, 6.07) is 14.9. The first kappa shape index (κ1) is 15.6. The number of hydrogen-bond donors (Lipinski definition) is 1. The summed E-state index contributed by atoms with van der Waals surface area (Å²) in [4.78, 5) is 12.5. The molecule has 1 saturated heterocycles. The molecule has 1 heterocycles. The van der Waals surface area contributed by atoms with Crippen LogP contribution in [0.3, 0.4) is 0 Å². The van der Waals surface area contributed by atoms with E-state index in [4.69, 9.17) is 21.7 Å². The quantitative estimate of drug-likeness (QED) is 0.649. The van der Waals surface area contributed by atoms with E-state index in [9.17, 15) is 4.79 Å². The first-order chi connectivity index (χ1) is 11.1. The molecule has 0 unspecified atom stereocenters. The van der Waals surface area contributed by atoms with Crippen molar-refractivity contribution in [3.05, 3.63) is 59.0 Å². The fourth-order valence-electron chi connectivity index (χ4n) is 2.02. The van der Waals surface area contributed by atoms with E-state index < -0.39 is 0 Å². The van der Waals surface area contributed by atoms with Gasteiger partial charge in [-0.3, -0.25) is 4.79 Å². The topological polar surface area (TPSA) is 47.6 Å². The smallest absolute Gasteiger partial charge is 0.289 e. The van der Waals surface area contributed by atoms with Crippen LogP contribution in [0.15, 0.2) is 53.4 Å². The van der Waals surface area contributed by atoms with Crippen molar-refractivity contribution in [1.82, 2.24) is 5.32 Å². The van der Waals surface area contributed by atoms with Gasteiger partial charge in [0.05, 0.1) is 12.0 Å². The number of thioether (sulfide) groups is 1. The third-order valence-electron chi connectivity index (χ3n) is 3.09. The highest BCUT2D eigenvalue weighted by Gasteiger charge is 2.21. The second kappa shape index (κ2) is 6.85. The maximum Gasteiger partial charge on any atom is 0.289 e. The number of carbonyl (C=O) groups excluding carboxylic acids is 1. The Morgan fingerprint density at radius 1 is 1.09 bits per heavy atom. The van der Waals surface area contributed by atoms with Crippen molar-refractivity contribution in [2.24, 2.45) is 0 Å². The molecular weight excluding hydrogens is 330 g/mol. The lowest BCUT2D eigenvalue weighted by Gasteiger charge is -2.07. The summed E-state index contributed by atoms with van der Waals surface area (Å²) in [5, 5.41) is 2.45. The van der Waals surface area contributed by atoms with E-state index >= 15 is 0 Å². The van der Waals surface area contributed by atoms with Gasteiger partial charge in [-0.25, -0.2) is 0 Å². The first-order valence-corrected chi connectivity index (χ1v) is 8.03. The van der Waals surface area contributed by atoms with Crippen LogP contribution in [0, 0.1) is 0 Å². The molecule has 23 heavy (non-hydrogen) atoms. The van der Waals surface area contributed by atoms with Gasteiger partial charge in [0.25, 0.3) is 5.24 Å². The molecule has 4 nitrogen and oxygen atoms in total. The lowest BCUT2D eigenvalue weighted by atomic mass is 10.2. The molecule has 1 fully saturated rings. The fourth-order valence-corrected chi connectivity index (χ4v) is 3.05. The third-order valence-corrected chi connectivity index (χ3v) is 4.37. The predicted octanol–water partition coefficient (Wildman–Crippen LogP) is 4.61. The molecule has 2 aromatic rings. The number of nitrogens with one attached hydrogen (secondary N) is 1. The highest BCUT2D eigenvalue weighted by Crippen LogP contribution is 2.29. The minimum atomic E-state index is -0.146. The first-order valence-electron chi connectivity index (χ1n) is 6.81. The Hall–Kier alpha value is -2.31. The van der Waals surface area contributed by atoms with Crippen LogP contribution in [-0.4, -0.2) is 17.3 Å². The van der Waals surface area contributed by atoms with Crippen molar-refractivity contribution in [2.45, 2.75) is 0 Å². The maximum absolute atomic E-state index is 11.3. The standard InChI is InChI=1S/C17H13NO3S2/c1-20-12-5-7-13(8-6-12)21-14-4-2-3-11(9-14)10-15-16(22)18-17(19)23-15/h2-10H,1H3,(H,18,19,22). The van der Waals surface area contributed by atoms with Crippen LogP contribution in [0.2, 0.25) is 0 Å². The molecule has 0 radical (unpaired) electrons. The summed E-state index contributed by atoms with van der Waals surface area (Å²) in [6.45, 7) is 0. The Balaban J connectivity index is 1.78. The summed E-state index contributed by atoms with van der Waals surface area (Å²) < 4.78 is 10.9. The van der Waals surface area contributed by atoms with Crippen LogP contribution in [0.25, 0.3) is 6.08 Å². The normalized spacial score (nSPS) is 15.6. The molecule has 116 valence electrons. The molecular formula is C17H13NO3S2. The van der Waals surface area contributed by atoms with Gasteiger partial charge in [-0.15, -0.1) is 0 Å². The van der Waals surface area contributed by atoms with Gasteiger partial charge < -0.3 is 14.8 Å². The van der Waals surface area contributed by atoms with Crippen LogP contribution in [0.4, 0.5) is 4.79 Å². The SMILES string of the molecule is COc1ccc(Oc2cccc(C=C3SC(=O)NC3=S)c2)cc1. The van der Waals surface area contributed by atoms with Gasteiger partial charge in [0.2, 0.25) is 0 Å². The van der Waals surface area contributed by atoms with Gasteiger partial charge in [0.1, 0.15) is 22.2 Å². The molecule has 1 amide bonds. The van der Waals surface area contributed by atoms with Crippen molar-refractivity contribution in [3.8, 4) is 17.2 Å². The van der Waals surface area contributed by atoms with Gasteiger partial charge in [0, 0.05) is 0 Å². The zero-order chi connectivity index (χ0) is 16.2. The molecule has 0 aliphatic carbocycles. The Labute approximate surface area is 143 Å². The lowest BCUT2D eigenvalue weighted by molar-refractivity contribution is 0.265. The van der Waals surface area contributed by atoms with Gasteiger partial charge in [-0.05, 0) is 59.8 Å². The fraction of sp³-hybridized carbons (Fsp3) is 0.0588. The Morgan fingerprint density at radius 2 is 1.83 bits per heavy atom. The average Bonchev–Trinajstić information content (AvgIpc) is 2.86. The van der Waals surface area contributed by atoms with E-state index in [1.165, 1.54) is 0 Å². The highest BCUT2D eigenvalue weighted by atomic mass is 32.2. The monoisotopic (exact) mass is 343 g/mol. The van der Waals surface area contributed by atoms with E-state index in [1.54, 1.807) is 7.11 Å². The number of ether oxygens (including phenoxy) is 2. The van der Waals surface area contributed by atoms with Gasteiger partial charge in [-0.2, -0.15) is 0 Å². The summed E-state index contributed by atoms with van der Waals surface area (Å²) in [5.74, 6) is 2.20.